The largest absolute Gasteiger partial charge is 0.396 e. The summed E-state index contributed by atoms with van der Waals surface area (Å²) in [4.78, 5) is 27.7. The summed E-state index contributed by atoms with van der Waals surface area (Å²) in [7, 11) is 2.15. The number of hydrogen-bond acceptors (Lipinski definition) is 7. The van der Waals surface area contributed by atoms with E-state index in [2.05, 4.69) is 26.8 Å². The first-order chi connectivity index (χ1) is 12.1. The van der Waals surface area contributed by atoms with Gasteiger partial charge >= 0.3 is 0 Å². The van der Waals surface area contributed by atoms with Gasteiger partial charge in [0.1, 0.15) is 0 Å². The number of amides is 1. The summed E-state index contributed by atoms with van der Waals surface area (Å²) in [6, 6.07) is 0. The lowest BCUT2D eigenvalue weighted by Gasteiger charge is -2.34. The molecule has 0 bridgehead atoms. The molecule has 2 aliphatic rings. The zero-order valence-electron chi connectivity index (χ0n) is 15.0. The average Bonchev–Trinajstić information content (AvgIpc) is 3.06. The summed E-state index contributed by atoms with van der Waals surface area (Å²) < 4.78 is 0. The lowest BCUT2D eigenvalue weighted by Crippen LogP contribution is -2.47. The van der Waals surface area contributed by atoms with E-state index in [1.54, 1.807) is 12.4 Å². The zero-order valence-corrected chi connectivity index (χ0v) is 15.8. The molecule has 1 amide bonds. The summed E-state index contributed by atoms with van der Waals surface area (Å²) in [6.07, 6.45) is 5.11. The monoisotopic (exact) mass is 365 g/mol. The summed E-state index contributed by atoms with van der Waals surface area (Å²) in [6.45, 7) is 6.66. The van der Waals surface area contributed by atoms with Gasteiger partial charge in [0.2, 0.25) is 0 Å². The molecule has 0 aliphatic carbocycles. The van der Waals surface area contributed by atoms with Crippen molar-refractivity contribution >= 4 is 17.7 Å². The topological polar surface area (TPSA) is 72.8 Å². The van der Waals surface area contributed by atoms with Gasteiger partial charge in [0, 0.05) is 70.7 Å². The van der Waals surface area contributed by atoms with Crippen LogP contribution >= 0.6 is 11.8 Å². The van der Waals surface area contributed by atoms with Crippen LogP contribution in [0.1, 0.15) is 10.4 Å². The summed E-state index contributed by atoms with van der Waals surface area (Å²) >= 11 is 1.46. The molecule has 1 aromatic heterocycles. The van der Waals surface area contributed by atoms with Crippen molar-refractivity contribution in [3.05, 3.63) is 18.0 Å². The Hall–Kier alpha value is -1.22. The van der Waals surface area contributed by atoms with Crippen LogP contribution in [-0.4, -0.2) is 101 Å². The minimum absolute atomic E-state index is 0.0352. The third-order valence-electron chi connectivity index (χ3n) is 5.24. The molecular formula is C17H27N5O2S. The molecule has 3 rings (SSSR count). The van der Waals surface area contributed by atoms with Gasteiger partial charge in [-0.05, 0) is 19.2 Å². The van der Waals surface area contributed by atoms with Crippen LogP contribution in [0.3, 0.4) is 0 Å². The molecular weight excluding hydrogens is 338 g/mol. The Labute approximate surface area is 153 Å². The number of likely N-dealkylation sites (N-methyl/N-ethyl adjacent to an activating group) is 1. The lowest BCUT2D eigenvalue weighted by molar-refractivity contribution is 0.0776. The fourth-order valence-electron chi connectivity index (χ4n) is 3.59. The number of nitrogens with zero attached hydrogens (tertiary/aromatic N) is 5. The molecule has 0 radical (unpaired) electrons. The van der Waals surface area contributed by atoms with Gasteiger partial charge in [-0.1, -0.05) is 11.8 Å². The average molecular weight is 366 g/mol. The minimum Gasteiger partial charge on any atom is -0.396 e. The first-order valence-corrected chi connectivity index (χ1v) is 10.00. The number of rotatable bonds is 5. The van der Waals surface area contributed by atoms with Crippen molar-refractivity contribution in [2.24, 2.45) is 11.8 Å². The Balaban J connectivity index is 1.60. The van der Waals surface area contributed by atoms with Crippen molar-refractivity contribution in [1.29, 1.82) is 0 Å². The number of likely N-dealkylation sites (tertiary alicyclic amines) is 1. The molecule has 2 atom stereocenters. The fraction of sp³-hybridized carbons (Fsp3) is 0.706. The quantitative estimate of drug-likeness (QED) is 0.587. The van der Waals surface area contributed by atoms with Gasteiger partial charge in [0.25, 0.3) is 5.91 Å². The second kappa shape index (κ2) is 8.44. The number of piperazine rings is 1. The van der Waals surface area contributed by atoms with Crippen LogP contribution in [0.5, 0.6) is 0 Å². The Morgan fingerprint density at radius 1 is 1.20 bits per heavy atom. The summed E-state index contributed by atoms with van der Waals surface area (Å²) in [5, 5.41) is 10.4. The lowest BCUT2D eigenvalue weighted by atomic mass is 9.96. The molecule has 25 heavy (non-hydrogen) atoms. The molecule has 2 saturated heterocycles. The van der Waals surface area contributed by atoms with Gasteiger partial charge in [-0.25, -0.2) is 9.97 Å². The van der Waals surface area contributed by atoms with E-state index in [9.17, 15) is 9.90 Å². The van der Waals surface area contributed by atoms with Gasteiger partial charge in [-0.2, -0.15) is 0 Å². The second-order valence-corrected chi connectivity index (χ2v) is 7.75. The van der Waals surface area contributed by atoms with E-state index < -0.39 is 0 Å². The van der Waals surface area contributed by atoms with Crippen LogP contribution in [0.4, 0.5) is 0 Å². The highest BCUT2D eigenvalue weighted by atomic mass is 32.2. The van der Waals surface area contributed by atoms with E-state index in [4.69, 9.17) is 0 Å². The van der Waals surface area contributed by atoms with Crippen LogP contribution in [0.2, 0.25) is 0 Å². The molecule has 7 nitrogen and oxygen atoms in total. The summed E-state index contributed by atoms with van der Waals surface area (Å²) in [5.74, 6) is 0.436. The van der Waals surface area contributed by atoms with Gasteiger partial charge in [0.05, 0.1) is 5.56 Å². The first-order valence-electron chi connectivity index (χ1n) is 8.77. The maximum Gasteiger partial charge on any atom is 0.257 e. The van der Waals surface area contributed by atoms with E-state index in [1.165, 1.54) is 11.8 Å². The maximum atomic E-state index is 12.7. The van der Waals surface area contributed by atoms with Gasteiger partial charge in [-0.15, -0.1) is 0 Å². The van der Waals surface area contributed by atoms with Crippen molar-refractivity contribution in [3.8, 4) is 0 Å². The van der Waals surface area contributed by atoms with Crippen molar-refractivity contribution < 1.29 is 9.90 Å². The van der Waals surface area contributed by atoms with Crippen molar-refractivity contribution in [2.45, 2.75) is 5.16 Å². The minimum atomic E-state index is -0.0352. The third kappa shape index (κ3) is 4.49. The van der Waals surface area contributed by atoms with Crippen LogP contribution in [-0.2, 0) is 0 Å². The van der Waals surface area contributed by atoms with E-state index in [-0.39, 0.29) is 18.4 Å². The maximum absolute atomic E-state index is 12.7. The molecule has 2 fully saturated rings. The Morgan fingerprint density at radius 2 is 1.84 bits per heavy atom. The molecule has 0 saturated carbocycles. The number of aliphatic hydroxyl groups excluding tert-OH is 1. The highest BCUT2D eigenvalue weighted by molar-refractivity contribution is 7.98. The highest BCUT2D eigenvalue weighted by Crippen LogP contribution is 2.26. The van der Waals surface area contributed by atoms with Crippen LogP contribution in [0.15, 0.2) is 17.6 Å². The SMILES string of the molecule is CSc1ncc(C(=O)N2C[C@@H](CN3CCN(C)CC3)[C@@H](CO)C2)cn1. The molecule has 3 heterocycles. The van der Waals surface area contributed by atoms with Crippen molar-refractivity contribution in [1.82, 2.24) is 24.7 Å². The predicted molar refractivity (Wildman–Crippen MR) is 97.7 cm³/mol. The number of carbonyl (C=O) groups is 1. The van der Waals surface area contributed by atoms with Crippen molar-refractivity contribution in [3.63, 3.8) is 0 Å². The van der Waals surface area contributed by atoms with Crippen LogP contribution in [0, 0.1) is 11.8 Å². The van der Waals surface area contributed by atoms with E-state index in [0.717, 1.165) is 32.7 Å². The number of aromatic nitrogens is 2. The van der Waals surface area contributed by atoms with Gasteiger partial charge < -0.3 is 19.8 Å². The fourth-order valence-corrected chi connectivity index (χ4v) is 3.91. The Kier molecular flexibility index (Phi) is 6.27. The molecule has 8 heteroatoms. The number of carbonyl (C=O) groups excluding carboxylic acids is 1. The second-order valence-electron chi connectivity index (χ2n) is 6.98. The third-order valence-corrected chi connectivity index (χ3v) is 5.82. The normalized spacial score (nSPS) is 25.5. The Bertz CT molecular complexity index is 577. The van der Waals surface area contributed by atoms with Crippen molar-refractivity contribution in [2.75, 3.05) is 65.7 Å². The molecule has 0 unspecified atom stereocenters. The first kappa shape index (κ1) is 18.6. The molecule has 0 aromatic carbocycles. The van der Waals surface area contributed by atoms with Gasteiger partial charge in [0.15, 0.2) is 5.16 Å². The smallest absolute Gasteiger partial charge is 0.257 e. The van der Waals surface area contributed by atoms with E-state index >= 15 is 0 Å². The van der Waals surface area contributed by atoms with E-state index in [0.29, 0.717) is 29.7 Å². The number of thioether (sulfide) groups is 1. The summed E-state index contributed by atoms with van der Waals surface area (Å²) in [5.41, 5.74) is 0.523. The zero-order chi connectivity index (χ0) is 17.8. The molecule has 1 aromatic rings. The van der Waals surface area contributed by atoms with E-state index in [1.807, 2.05) is 11.2 Å². The molecule has 2 aliphatic heterocycles. The number of aliphatic hydroxyl groups is 1. The number of hydrogen-bond donors (Lipinski definition) is 1. The predicted octanol–water partition coefficient (Wildman–Crippen LogP) is 0.126. The Morgan fingerprint density at radius 3 is 2.44 bits per heavy atom. The standard InChI is InChI=1S/C17H27N5O2S/c1-20-3-5-21(6-4-20)9-14-10-22(11-15(14)12-23)16(24)13-7-18-17(25-2)19-8-13/h7-8,14-15,23H,3-6,9-12H2,1-2H3/t14-,15-/m1/s1. The molecule has 1 N–H and O–H groups in total. The molecule has 138 valence electrons. The highest BCUT2D eigenvalue weighted by Gasteiger charge is 2.36. The molecule has 0 spiro atoms. The van der Waals surface area contributed by atoms with Gasteiger partial charge in [-0.3, -0.25) is 4.79 Å². The van der Waals surface area contributed by atoms with Crippen LogP contribution < -0.4 is 0 Å². The van der Waals surface area contributed by atoms with Crippen LogP contribution in [0.25, 0.3) is 0 Å².